The number of rotatable bonds is 3. The molecule has 0 unspecified atom stereocenters. The van der Waals surface area contributed by atoms with Crippen molar-refractivity contribution in [2.45, 2.75) is 26.2 Å². The predicted octanol–water partition coefficient (Wildman–Crippen LogP) is 11.7. The number of para-hydroxylation sites is 2. The molecule has 0 N–H and O–H groups in total. The molecule has 8 rings (SSSR count). The van der Waals surface area contributed by atoms with Crippen molar-refractivity contribution in [3.05, 3.63) is 139 Å². The van der Waals surface area contributed by atoms with Crippen molar-refractivity contribution in [2.24, 2.45) is 0 Å². The number of benzene rings is 8. The lowest BCUT2D eigenvalue weighted by Crippen LogP contribution is -2.11. The van der Waals surface area contributed by atoms with Gasteiger partial charge in [-0.3, -0.25) is 0 Å². The van der Waals surface area contributed by atoms with Gasteiger partial charge in [0.1, 0.15) is 0 Å². The minimum atomic E-state index is 0.0473. The molecular formula is C40H31N. The molecule has 1 nitrogen and oxygen atoms in total. The van der Waals surface area contributed by atoms with Gasteiger partial charge in [0.25, 0.3) is 0 Å². The van der Waals surface area contributed by atoms with Crippen LogP contribution >= 0.6 is 0 Å². The van der Waals surface area contributed by atoms with Crippen molar-refractivity contribution in [3.63, 3.8) is 0 Å². The van der Waals surface area contributed by atoms with Gasteiger partial charge < -0.3 is 4.90 Å². The maximum atomic E-state index is 2.45. The van der Waals surface area contributed by atoms with Crippen molar-refractivity contribution < 1.29 is 0 Å². The molecule has 1 heteroatoms. The largest absolute Gasteiger partial charge is 0.310 e. The van der Waals surface area contributed by atoms with Gasteiger partial charge in [0.05, 0.1) is 0 Å². The van der Waals surface area contributed by atoms with Crippen molar-refractivity contribution in [1.29, 1.82) is 0 Å². The van der Waals surface area contributed by atoms with E-state index in [1.807, 2.05) is 0 Å². The van der Waals surface area contributed by atoms with Crippen LogP contribution in [0, 0.1) is 0 Å². The third kappa shape index (κ3) is 3.62. The minimum absolute atomic E-state index is 0.0473. The molecule has 196 valence electrons. The van der Waals surface area contributed by atoms with Gasteiger partial charge in [-0.25, -0.2) is 0 Å². The van der Waals surface area contributed by atoms with Crippen LogP contribution in [-0.4, -0.2) is 0 Å². The first-order valence-corrected chi connectivity index (χ1v) is 14.5. The van der Waals surface area contributed by atoms with E-state index in [-0.39, 0.29) is 5.41 Å². The van der Waals surface area contributed by atoms with E-state index in [2.05, 4.69) is 159 Å². The smallest absolute Gasteiger partial charge is 0.0474 e. The van der Waals surface area contributed by atoms with Crippen LogP contribution in [0.4, 0.5) is 17.1 Å². The molecule has 8 aromatic carbocycles. The Hall–Kier alpha value is -4.88. The van der Waals surface area contributed by atoms with Gasteiger partial charge in [-0.05, 0) is 113 Å². The van der Waals surface area contributed by atoms with Crippen LogP contribution in [0.5, 0.6) is 0 Å². The van der Waals surface area contributed by atoms with Crippen LogP contribution in [0.3, 0.4) is 0 Å². The fourth-order valence-corrected chi connectivity index (χ4v) is 6.73. The Labute approximate surface area is 240 Å². The molecule has 0 amide bonds. The molecule has 0 aliphatic carbocycles. The highest BCUT2D eigenvalue weighted by Gasteiger charge is 2.23. The Kier molecular flexibility index (Phi) is 5.15. The summed E-state index contributed by atoms with van der Waals surface area (Å²) in [5.41, 5.74) is 4.88. The SMILES string of the molecule is CC(C)(C)c1cc2c3ccccc3c3cc(N(c4ccccc4)c4ccccc4)cc4c5ccccc5c(c1)c2c34. The van der Waals surface area contributed by atoms with E-state index in [9.17, 15) is 0 Å². The number of hydrogen-bond donors (Lipinski definition) is 0. The average molecular weight is 526 g/mol. The van der Waals surface area contributed by atoms with Gasteiger partial charge in [0, 0.05) is 17.1 Å². The molecule has 8 aromatic rings. The second-order valence-corrected chi connectivity index (χ2v) is 12.2. The minimum Gasteiger partial charge on any atom is -0.310 e. The summed E-state index contributed by atoms with van der Waals surface area (Å²) in [6.07, 6.45) is 0. The predicted molar refractivity (Wildman–Crippen MR) is 179 cm³/mol. The Bertz CT molecular complexity index is 2070. The zero-order valence-corrected chi connectivity index (χ0v) is 23.6. The number of anilines is 3. The second kappa shape index (κ2) is 8.81. The first kappa shape index (κ1) is 24.0. The third-order valence-electron chi connectivity index (χ3n) is 8.68. The van der Waals surface area contributed by atoms with Crippen LogP contribution in [0.15, 0.2) is 133 Å². The van der Waals surface area contributed by atoms with E-state index in [4.69, 9.17) is 0 Å². The van der Waals surface area contributed by atoms with Gasteiger partial charge in [0.15, 0.2) is 0 Å². The maximum absolute atomic E-state index is 2.45. The molecule has 0 saturated carbocycles. The first-order valence-electron chi connectivity index (χ1n) is 14.5. The van der Waals surface area contributed by atoms with Gasteiger partial charge in [-0.1, -0.05) is 106 Å². The summed E-state index contributed by atoms with van der Waals surface area (Å²) in [5.74, 6) is 0. The Morgan fingerprint density at radius 2 is 0.707 bits per heavy atom. The third-order valence-corrected chi connectivity index (χ3v) is 8.68. The van der Waals surface area contributed by atoms with Crippen molar-refractivity contribution in [1.82, 2.24) is 0 Å². The van der Waals surface area contributed by atoms with E-state index in [1.54, 1.807) is 0 Å². The van der Waals surface area contributed by atoms with E-state index in [0.29, 0.717) is 0 Å². The highest BCUT2D eigenvalue weighted by molar-refractivity contribution is 6.40. The van der Waals surface area contributed by atoms with Gasteiger partial charge >= 0.3 is 0 Å². The summed E-state index contributed by atoms with van der Waals surface area (Å²) >= 11 is 0. The zero-order chi connectivity index (χ0) is 27.7. The summed E-state index contributed by atoms with van der Waals surface area (Å²) < 4.78 is 0. The average Bonchev–Trinajstić information content (AvgIpc) is 3.01. The summed E-state index contributed by atoms with van der Waals surface area (Å²) in [6, 6.07) is 49.1. The Morgan fingerprint density at radius 1 is 0.366 bits per heavy atom. The summed E-state index contributed by atoms with van der Waals surface area (Å²) in [4.78, 5) is 2.38. The topological polar surface area (TPSA) is 3.24 Å². The monoisotopic (exact) mass is 525 g/mol. The van der Waals surface area contributed by atoms with Crippen LogP contribution < -0.4 is 4.90 Å². The van der Waals surface area contributed by atoms with Gasteiger partial charge in [0.2, 0.25) is 0 Å². The number of fused-ring (bicyclic) bond motifs is 6. The lowest BCUT2D eigenvalue weighted by molar-refractivity contribution is 0.592. The molecule has 0 spiro atoms. The van der Waals surface area contributed by atoms with Crippen LogP contribution in [0.1, 0.15) is 26.3 Å². The number of hydrogen-bond acceptors (Lipinski definition) is 1. The zero-order valence-electron chi connectivity index (χ0n) is 23.6. The lowest BCUT2D eigenvalue weighted by Gasteiger charge is -2.28. The molecule has 0 saturated heterocycles. The van der Waals surface area contributed by atoms with Crippen LogP contribution in [0.2, 0.25) is 0 Å². The number of nitrogens with zero attached hydrogens (tertiary/aromatic N) is 1. The molecule has 0 aliphatic heterocycles. The van der Waals surface area contributed by atoms with Crippen LogP contribution in [0.25, 0.3) is 53.9 Å². The molecule has 0 fully saturated rings. The fourth-order valence-electron chi connectivity index (χ4n) is 6.73. The Morgan fingerprint density at radius 3 is 1.07 bits per heavy atom. The fraction of sp³-hybridized carbons (Fsp3) is 0.100. The van der Waals surface area contributed by atoms with Crippen molar-refractivity contribution in [3.8, 4) is 0 Å². The molecule has 0 aromatic heterocycles. The summed E-state index contributed by atoms with van der Waals surface area (Å²) in [7, 11) is 0. The molecular weight excluding hydrogens is 494 g/mol. The van der Waals surface area contributed by atoms with Gasteiger partial charge in [-0.2, -0.15) is 0 Å². The normalized spacial score (nSPS) is 12.3. The van der Waals surface area contributed by atoms with Crippen LogP contribution in [-0.2, 0) is 5.41 Å². The summed E-state index contributed by atoms with van der Waals surface area (Å²) in [6.45, 7) is 6.95. The highest BCUT2D eigenvalue weighted by atomic mass is 15.1. The standard InChI is InChI=1S/C40H31N/c1-40(2,3)26-22-34-30-18-10-12-20-32(30)36-24-29(41(27-14-6-4-7-15-27)28-16-8-5-9-17-28)25-37-33-21-13-11-19-31(33)35(23-26)38(34)39(36)37/h4-25H,1-3H3. The quantitative estimate of drug-likeness (QED) is 0.164. The molecule has 0 heterocycles. The maximum Gasteiger partial charge on any atom is 0.0474 e. The molecule has 0 aliphatic rings. The lowest BCUT2D eigenvalue weighted by atomic mass is 9.80. The van der Waals surface area contributed by atoms with Crippen molar-refractivity contribution >= 4 is 70.9 Å². The highest BCUT2D eigenvalue weighted by Crippen LogP contribution is 2.48. The summed E-state index contributed by atoms with van der Waals surface area (Å²) in [5, 5.41) is 13.3. The van der Waals surface area contributed by atoms with E-state index in [0.717, 1.165) is 11.4 Å². The second-order valence-electron chi connectivity index (χ2n) is 12.2. The van der Waals surface area contributed by atoms with E-state index < -0.39 is 0 Å². The van der Waals surface area contributed by atoms with E-state index in [1.165, 1.54) is 65.1 Å². The molecule has 0 radical (unpaired) electrons. The Balaban J connectivity index is 1.60. The van der Waals surface area contributed by atoms with E-state index >= 15 is 0 Å². The van der Waals surface area contributed by atoms with Gasteiger partial charge in [-0.15, -0.1) is 0 Å². The van der Waals surface area contributed by atoms with Crippen molar-refractivity contribution in [2.75, 3.05) is 4.90 Å². The molecule has 0 atom stereocenters. The molecule has 0 bridgehead atoms. The molecule has 41 heavy (non-hydrogen) atoms. The first-order chi connectivity index (χ1) is 20.0.